The zero-order chi connectivity index (χ0) is 20.2. The second-order valence-corrected chi connectivity index (χ2v) is 8.18. The van der Waals surface area contributed by atoms with Gasteiger partial charge in [0.2, 0.25) is 0 Å². The van der Waals surface area contributed by atoms with Crippen molar-refractivity contribution in [2.45, 2.75) is 24.5 Å². The van der Waals surface area contributed by atoms with Crippen molar-refractivity contribution in [1.29, 1.82) is 0 Å². The van der Waals surface area contributed by atoms with Crippen LogP contribution in [-0.4, -0.2) is 44.6 Å². The van der Waals surface area contributed by atoms with Crippen LogP contribution in [0.5, 0.6) is 0 Å². The van der Waals surface area contributed by atoms with E-state index in [4.69, 9.17) is 4.74 Å². The lowest BCUT2D eigenvalue weighted by molar-refractivity contribution is -0.139. The van der Waals surface area contributed by atoms with E-state index in [1.807, 2.05) is 0 Å². The van der Waals surface area contributed by atoms with Crippen LogP contribution in [0, 0.1) is 5.82 Å². The molecule has 1 amide bonds. The summed E-state index contributed by atoms with van der Waals surface area (Å²) < 4.78 is 41.3. The molecule has 144 valence electrons. The topological polar surface area (TPSA) is 80.8 Å². The molecule has 0 heterocycles. The Morgan fingerprint density at radius 1 is 1.15 bits per heavy atom. The van der Waals surface area contributed by atoms with Crippen LogP contribution in [0.25, 0.3) is 0 Å². The minimum Gasteiger partial charge on any atom is -0.449 e. The average Bonchev–Trinajstić information content (AvgIpc) is 2.60. The van der Waals surface area contributed by atoms with Crippen molar-refractivity contribution in [3.05, 3.63) is 65.5 Å². The summed E-state index contributed by atoms with van der Waals surface area (Å²) in [4.78, 5) is 25.9. The molecule has 27 heavy (non-hydrogen) atoms. The summed E-state index contributed by atoms with van der Waals surface area (Å²) in [5.74, 6) is -1.58. The lowest BCUT2D eigenvalue weighted by Gasteiger charge is -2.21. The Morgan fingerprint density at radius 2 is 1.78 bits per heavy atom. The number of rotatable bonds is 6. The maximum absolute atomic E-state index is 13.2. The number of esters is 1. The van der Waals surface area contributed by atoms with Crippen molar-refractivity contribution < 1.29 is 27.1 Å². The van der Waals surface area contributed by atoms with Gasteiger partial charge in [0.25, 0.3) is 5.91 Å². The second kappa shape index (κ2) is 8.30. The summed E-state index contributed by atoms with van der Waals surface area (Å²) in [5.41, 5.74) is 0.746. The van der Waals surface area contributed by atoms with Crippen LogP contribution < -0.4 is 0 Å². The zero-order valence-corrected chi connectivity index (χ0v) is 16.0. The Hall–Kier alpha value is -2.74. The van der Waals surface area contributed by atoms with Crippen molar-refractivity contribution in [3.8, 4) is 0 Å². The summed E-state index contributed by atoms with van der Waals surface area (Å²) in [6.07, 6.45) is 0.0147. The van der Waals surface area contributed by atoms with E-state index in [1.165, 1.54) is 55.3 Å². The first kappa shape index (κ1) is 20.6. The normalized spacial score (nSPS) is 12.3. The molecule has 0 N–H and O–H groups in total. The smallest absolute Gasteiger partial charge is 0.338 e. The standard InChI is InChI=1S/C19H20FNO5S/c1-13(18(22)21(2)12-14-5-4-6-16(20)11-14)26-19(23)15-7-9-17(10-8-15)27(3,24)25/h4-11,13H,12H2,1-3H3. The number of halogens is 1. The molecule has 0 spiro atoms. The highest BCUT2D eigenvalue weighted by Crippen LogP contribution is 2.13. The van der Waals surface area contributed by atoms with E-state index in [2.05, 4.69) is 0 Å². The molecule has 2 aromatic carbocycles. The first-order chi connectivity index (χ1) is 12.6. The number of likely N-dealkylation sites (N-methyl/N-ethyl adjacent to an activating group) is 1. The molecule has 2 aromatic rings. The highest BCUT2D eigenvalue weighted by atomic mass is 32.2. The predicted octanol–water partition coefficient (Wildman–Crippen LogP) is 2.43. The number of nitrogens with zero attached hydrogens (tertiary/aromatic N) is 1. The molecular weight excluding hydrogens is 373 g/mol. The number of hydrogen-bond acceptors (Lipinski definition) is 5. The lowest BCUT2D eigenvalue weighted by Crippen LogP contribution is -2.37. The van der Waals surface area contributed by atoms with Gasteiger partial charge < -0.3 is 9.64 Å². The van der Waals surface area contributed by atoms with E-state index in [1.54, 1.807) is 12.1 Å². The summed E-state index contributed by atoms with van der Waals surface area (Å²) >= 11 is 0. The van der Waals surface area contributed by atoms with Crippen molar-refractivity contribution in [1.82, 2.24) is 4.90 Å². The Morgan fingerprint density at radius 3 is 2.33 bits per heavy atom. The van der Waals surface area contributed by atoms with Crippen LogP contribution in [0.15, 0.2) is 53.4 Å². The number of sulfone groups is 1. The summed E-state index contributed by atoms with van der Waals surface area (Å²) in [6.45, 7) is 1.61. The van der Waals surface area contributed by atoms with Gasteiger partial charge in [-0.3, -0.25) is 4.79 Å². The molecule has 0 radical (unpaired) electrons. The third kappa shape index (κ3) is 5.62. The van der Waals surface area contributed by atoms with Gasteiger partial charge in [-0.05, 0) is 48.9 Å². The van der Waals surface area contributed by atoms with Crippen LogP contribution in [0.4, 0.5) is 4.39 Å². The van der Waals surface area contributed by atoms with Crippen molar-refractivity contribution in [2.75, 3.05) is 13.3 Å². The van der Waals surface area contributed by atoms with Gasteiger partial charge in [0.1, 0.15) is 5.82 Å². The fourth-order valence-corrected chi connectivity index (χ4v) is 3.05. The largest absolute Gasteiger partial charge is 0.449 e. The van der Waals surface area contributed by atoms with Crippen molar-refractivity contribution in [3.63, 3.8) is 0 Å². The van der Waals surface area contributed by atoms with Crippen molar-refractivity contribution in [2.24, 2.45) is 0 Å². The SMILES string of the molecule is CC(OC(=O)c1ccc(S(C)(=O)=O)cc1)C(=O)N(C)Cc1cccc(F)c1. The lowest BCUT2D eigenvalue weighted by atomic mass is 10.2. The molecule has 1 atom stereocenters. The molecule has 0 aliphatic rings. The van der Waals surface area contributed by atoms with Gasteiger partial charge in [0.05, 0.1) is 10.5 Å². The first-order valence-corrected chi connectivity index (χ1v) is 9.97. The van der Waals surface area contributed by atoms with Gasteiger partial charge in [-0.1, -0.05) is 12.1 Å². The molecule has 0 saturated carbocycles. The van der Waals surface area contributed by atoms with E-state index in [9.17, 15) is 22.4 Å². The number of amides is 1. The summed E-state index contributed by atoms with van der Waals surface area (Å²) in [5, 5.41) is 0. The van der Waals surface area contributed by atoms with Crippen LogP contribution in [0.1, 0.15) is 22.8 Å². The third-order valence-corrected chi connectivity index (χ3v) is 4.96. The summed E-state index contributed by atoms with van der Waals surface area (Å²) in [6, 6.07) is 11.1. The molecule has 0 aromatic heterocycles. The first-order valence-electron chi connectivity index (χ1n) is 8.08. The Labute approximate surface area is 157 Å². The molecule has 8 heteroatoms. The Kier molecular flexibility index (Phi) is 6.32. The highest BCUT2D eigenvalue weighted by Gasteiger charge is 2.22. The van der Waals surface area contributed by atoms with Gasteiger partial charge in [-0.15, -0.1) is 0 Å². The van der Waals surface area contributed by atoms with Crippen molar-refractivity contribution >= 4 is 21.7 Å². The van der Waals surface area contributed by atoms with Gasteiger partial charge in [0.15, 0.2) is 15.9 Å². The van der Waals surface area contributed by atoms with Crippen LogP contribution in [0.2, 0.25) is 0 Å². The van der Waals surface area contributed by atoms with Crippen LogP contribution >= 0.6 is 0 Å². The van der Waals surface area contributed by atoms with E-state index in [0.717, 1.165) is 6.26 Å². The zero-order valence-electron chi connectivity index (χ0n) is 15.2. The fourth-order valence-electron chi connectivity index (χ4n) is 2.41. The molecule has 0 saturated heterocycles. The van der Waals surface area contributed by atoms with E-state index < -0.39 is 33.6 Å². The maximum Gasteiger partial charge on any atom is 0.338 e. The Bertz CT molecular complexity index is 941. The minimum atomic E-state index is -3.37. The van der Waals surface area contributed by atoms with Gasteiger partial charge in [0, 0.05) is 19.8 Å². The molecule has 6 nitrogen and oxygen atoms in total. The number of benzene rings is 2. The maximum atomic E-state index is 13.2. The summed E-state index contributed by atoms with van der Waals surface area (Å²) in [7, 11) is -1.84. The second-order valence-electron chi connectivity index (χ2n) is 6.17. The molecular formula is C19H20FNO5S. The number of ether oxygens (including phenoxy) is 1. The van der Waals surface area contributed by atoms with Crippen LogP contribution in [-0.2, 0) is 25.9 Å². The molecule has 0 bridgehead atoms. The molecule has 0 fully saturated rings. The van der Waals surface area contributed by atoms with Gasteiger partial charge in [-0.2, -0.15) is 0 Å². The number of carbonyl (C=O) groups is 2. The predicted molar refractivity (Wildman–Crippen MR) is 97.3 cm³/mol. The number of carbonyl (C=O) groups excluding carboxylic acids is 2. The number of hydrogen-bond donors (Lipinski definition) is 0. The molecule has 0 aliphatic carbocycles. The molecule has 2 rings (SSSR count). The van der Waals surface area contributed by atoms with Gasteiger partial charge >= 0.3 is 5.97 Å². The minimum absolute atomic E-state index is 0.0815. The van der Waals surface area contributed by atoms with E-state index in [0.29, 0.717) is 5.56 Å². The molecule has 1 unspecified atom stereocenters. The monoisotopic (exact) mass is 393 g/mol. The van der Waals surface area contributed by atoms with Gasteiger partial charge in [-0.25, -0.2) is 17.6 Å². The molecule has 0 aliphatic heterocycles. The van der Waals surface area contributed by atoms with E-state index in [-0.39, 0.29) is 17.0 Å². The quantitative estimate of drug-likeness (QED) is 0.704. The van der Waals surface area contributed by atoms with Crippen LogP contribution in [0.3, 0.4) is 0 Å². The average molecular weight is 393 g/mol. The highest BCUT2D eigenvalue weighted by molar-refractivity contribution is 7.90. The fraction of sp³-hybridized carbons (Fsp3) is 0.263. The van der Waals surface area contributed by atoms with E-state index >= 15 is 0 Å². The Balaban J connectivity index is 1.99. The third-order valence-electron chi connectivity index (χ3n) is 3.83.